The second-order valence-electron chi connectivity index (χ2n) is 7.92. The minimum atomic E-state index is -3.86. The third-order valence-electron chi connectivity index (χ3n) is 5.44. The van der Waals surface area contributed by atoms with Crippen LogP contribution in [0.25, 0.3) is 11.3 Å². The van der Waals surface area contributed by atoms with Gasteiger partial charge in [-0.15, -0.1) is 0 Å². The smallest absolute Gasteiger partial charge is 0.339 e. The lowest BCUT2D eigenvalue weighted by atomic mass is 10.1. The Morgan fingerprint density at radius 3 is 2.44 bits per heavy atom. The highest BCUT2D eigenvalue weighted by Crippen LogP contribution is 2.31. The molecule has 0 unspecified atom stereocenters. The first-order valence-electron chi connectivity index (χ1n) is 10.5. The number of nitrogens with zero attached hydrogens (tertiary/aromatic N) is 2. The third kappa shape index (κ3) is 5.75. The summed E-state index contributed by atoms with van der Waals surface area (Å²) >= 11 is 15.8. The number of esters is 1. The van der Waals surface area contributed by atoms with Gasteiger partial charge in [0.2, 0.25) is 0 Å². The number of carbonyl (C=O) groups excluding carboxylic acids is 1. The largest absolute Gasteiger partial charge is 0.465 e. The minimum absolute atomic E-state index is 0.0114. The number of anilines is 1. The summed E-state index contributed by atoms with van der Waals surface area (Å²) in [6.45, 7) is 0. The van der Waals surface area contributed by atoms with E-state index in [1.165, 1.54) is 25.3 Å². The van der Waals surface area contributed by atoms with Gasteiger partial charge in [-0.05, 0) is 54.1 Å². The molecule has 186 valence electrons. The van der Waals surface area contributed by atoms with E-state index >= 15 is 0 Å². The zero-order chi connectivity index (χ0) is 26.0. The average molecular weight is 609 g/mol. The molecule has 0 fully saturated rings. The van der Waals surface area contributed by atoms with Gasteiger partial charge >= 0.3 is 5.97 Å². The van der Waals surface area contributed by atoms with Gasteiger partial charge < -0.3 is 15.0 Å². The van der Waals surface area contributed by atoms with Crippen LogP contribution in [0.3, 0.4) is 0 Å². The molecular formula is C25H20BrCl2N3O4S. The van der Waals surface area contributed by atoms with E-state index in [2.05, 4.69) is 20.7 Å². The summed E-state index contributed by atoms with van der Waals surface area (Å²) in [5.74, 6) is -0.512. The van der Waals surface area contributed by atoms with E-state index in [1.807, 2.05) is 24.3 Å². The van der Waals surface area contributed by atoms with Gasteiger partial charge in [-0.3, -0.25) is 0 Å². The molecule has 1 aromatic heterocycles. The summed E-state index contributed by atoms with van der Waals surface area (Å²) in [4.78, 5) is 16.5. The molecule has 0 spiro atoms. The summed E-state index contributed by atoms with van der Waals surface area (Å²) in [6.07, 6.45) is 2.03. The van der Waals surface area contributed by atoms with E-state index in [9.17, 15) is 13.2 Å². The van der Waals surface area contributed by atoms with Crippen molar-refractivity contribution in [3.05, 3.63) is 98.3 Å². The van der Waals surface area contributed by atoms with Crippen molar-refractivity contribution in [1.29, 1.82) is 0 Å². The number of nitrogens with two attached hydrogens (primary N) is 1. The van der Waals surface area contributed by atoms with Crippen molar-refractivity contribution in [2.24, 2.45) is 0 Å². The molecule has 0 aliphatic carbocycles. The van der Waals surface area contributed by atoms with Crippen LogP contribution in [0, 0.1) is 0 Å². The average Bonchev–Trinajstić information content (AvgIpc) is 3.20. The first kappa shape index (κ1) is 26.2. The molecule has 2 N–H and O–H groups in total. The highest BCUT2D eigenvalue weighted by Gasteiger charge is 2.22. The fraction of sp³-hybridized carbons (Fsp3) is 0.120. The summed E-state index contributed by atoms with van der Waals surface area (Å²) in [7, 11) is -2.64. The molecule has 3 aromatic carbocycles. The van der Waals surface area contributed by atoms with Crippen LogP contribution in [0.15, 0.2) is 76.2 Å². The Morgan fingerprint density at radius 2 is 1.81 bits per heavy atom. The number of hydrogen-bond donors (Lipinski definition) is 1. The van der Waals surface area contributed by atoms with Gasteiger partial charge in [0.15, 0.2) is 9.84 Å². The van der Waals surface area contributed by atoms with Crippen molar-refractivity contribution >= 4 is 60.6 Å². The van der Waals surface area contributed by atoms with E-state index in [0.29, 0.717) is 33.5 Å². The van der Waals surface area contributed by atoms with Gasteiger partial charge in [0.1, 0.15) is 11.7 Å². The highest BCUT2D eigenvalue weighted by atomic mass is 79.9. The molecule has 0 radical (unpaired) electrons. The number of halogens is 3. The molecule has 0 aliphatic rings. The van der Waals surface area contributed by atoms with Gasteiger partial charge in [-0.2, -0.15) is 0 Å². The number of ether oxygens (including phenoxy) is 1. The Hall–Kier alpha value is -2.85. The molecule has 0 amide bonds. The zero-order valence-electron chi connectivity index (χ0n) is 18.9. The van der Waals surface area contributed by atoms with E-state index in [-0.39, 0.29) is 16.1 Å². The fourth-order valence-corrected chi connectivity index (χ4v) is 5.70. The van der Waals surface area contributed by atoms with Crippen LogP contribution in [0.5, 0.6) is 0 Å². The molecule has 36 heavy (non-hydrogen) atoms. The molecule has 0 saturated carbocycles. The van der Waals surface area contributed by atoms with Crippen molar-refractivity contribution in [3.8, 4) is 11.3 Å². The summed E-state index contributed by atoms with van der Waals surface area (Å²) in [6, 6.07) is 16.6. The van der Waals surface area contributed by atoms with Crippen LogP contribution >= 0.6 is 39.1 Å². The molecule has 4 aromatic rings. The molecule has 0 aliphatic heterocycles. The first-order valence-corrected chi connectivity index (χ1v) is 13.7. The number of benzene rings is 3. The van der Waals surface area contributed by atoms with Crippen molar-refractivity contribution < 1.29 is 17.9 Å². The Kier molecular flexibility index (Phi) is 7.75. The summed E-state index contributed by atoms with van der Waals surface area (Å²) in [5.41, 5.74) is 8.12. The van der Waals surface area contributed by atoms with Gasteiger partial charge in [0.25, 0.3) is 0 Å². The van der Waals surface area contributed by atoms with E-state index in [4.69, 9.17) is 33.9 Å². The lowest BCUT2D eigenvalue weighted by Crippen LogP contribution is -2.14. The number of carbonyl (C=O) groups is 1. The van der Waals surface area contributed by atoms with Gasteiger partial charge in [-0.25, -0.2) is 18.2 Å². The predicted molar refractivity (Wildman–Crippen MR) is 144 cm³/mol. The molecule has 1 heterocycles. The second kappa shape index (κ2) is 10.6. The van der Waals surface area contributed by atoms with Crippen LogP contribution in [-0.2, 0) is 26.9 Å². The maximum Gasteiger partial charge on any atom is 0.339 e. The zero-order valence-corrected chi connectivity index (χ0v) is 22.8. The quantitative estimate of drug-likeness (QED) is 0.203. The SMILES string of the molecule is COC(=O)c1ccc(S(=O)(=O)Cn2cc(-c3ccc(Cl)cc3Cl)nc2Cc2ccc(Br)cc2)cc1N. The number of hydrogen-bond acceptors (Lipinski definition) is 6. The molecule has 0 saturated heterocycles. The van der Waals surface area contributed by atoms with Crippen molar-refractivity contribution in [1.82, 2.24) is 9.55 Å². The van der Waals surface area contributed by atoms with Gasteiger partial charge in [0, 0.05) is 33.4 Å². The van der Waals surface area contributed by atoms with E-state index in [1.54, 1.807) is 29.0 Å². The van der Waals surface area contributed by atoms with Crippen LogP contribution < -0.4 is 5.73 Å². The fourth-order valence-electron chi connectivity index (χ4n) is 3.61. The lowest BCUT2D eigenvalue weighted by molar-refractivity contribution is 0.0602. The number of imidazole rings is 1. The van der Waals surface area contributed by atoms with Crippen LogP contribution in [0.2, 0.25) is 10.0 Å². The van der Waals surface area contributed by atoms with Gasteiger partial charge in [-0.1, -0.05) is 51.3 Å². The number of rotatable bonds is 7. The number of aromatic nitrogens is 2. The molecule has 11 heteroatoms. The normalized spacial score (nSPS) is 11.4. The third-order valence-corrected chi connectivity index (χ3v) is 8.10. The molecule has 0 atom stereocenters. The Morgan fingerprint density at radius 1 is 1.08 bits per heavy atom. The van der Waals surface area contributed by atoms with E-state index in [0.717, 1.165) is 10.0 Å². The minimum Gasteiger partial charge on any atom is -0.465 e. The monoisotopic (exact) mass is 607 g/mol. The van der Waals surface area contributed by atoms with Crippen molar-refractivity contribution in [2.45, 2.75) is 17.2 Å². The van der Waals surface area contributed by atoms with Crippen LogP contribution in [0.4, 0.5) is 5.69 Å². The summed E-state index contributed by atoms with van der Waals surface area (Å²) in [5, 5.41) is 0.880. The number of nitrogen functional groups attached to an aromatic ring is 1. The molecular weight excluding hydrogens is 589 g/mol. The van der Waals surface area contributed by atoms with Crippen LogP contribution in [-0.4, -0.2) is 31.0 Å². The highest BCUT2D eigenvalue weighted by molar-refractivity contribution is 9.10. The predicted octanol–water partition coefficient (Wildman–Crippen LogP) is 6.01. The molecule has 7 nitrogen and oxygen atoms in total. The Balaban J connectivity index is 1.74. The molecule has 0 bridgehead atoms. The van der Waals surface area contributed by atoms with Gasteiger partial charge in [0.05, 0.1) is 28.3 Å². The topological polar surface area (TPSA) is 104 Å². The maximum atomic E-state index is 13.3. The summed E-state index contributed by atoms with van der Waals surface area (Å²) < 4.78 is 33.9. The number of sulfone groups is 1. The maximum absolute atomic E-state index is 13.3. The number of methoxy groups -OCH3 is 1. The molecule has 4 rings (SSSR count). The van der Waals surface area contributed by atoms with E-state index < -0.39 is 21.7 Å². The first-order chi connectivity index (χ1) is 17.1. The van der Waals surface area contributed by atoms with Crippen molar-refractivity contribution in [2.75, 3.05) is 12.8 Å². The standard InChI is InChI=1S/C25H20BrCl2N3O4S/c1-35-25(32)20-9-7-18(12-22(20)29)36(33,34)14-31-13-23(19-8-6-17(27)11-21(19)28)30-24(31)10-15-2-4-16(26)5-3-15/h2-9,11-13H,10,14,29H2,1H3. The second-order valence-corrected chi connectivity index (χ2v) is 11.6. The van der Waals surface area contributed by atoms with Crippen LogP contribution in [0.1, 0.15) is 21.7 Å². The lowest BCUT2D eigenvalue weighted by Gasteiger charge is -2.11. The Bertz CT molecular complexity index is 1550. The Labute approximate surface area is 226 Å². The van der Waals surface area contributed by atoms with Crippen molar-refractivity contribution in [3.63, 3.8) is 0 Å².